The summed E-state index contributed by atoms with van der Waals surface area (Å²) in [5.74, 6) is -2.63. The molecular formula is C13H17ClF2N2O2S. The maximum Gasteiger partial charge on any atom is 0.321 e. The van der Waals surface area contributed by atoms with Crippen molar-refractivity contribution in [3.8, 4) is 0 Å². The van der Waals surface area contributed by atoms with Crippen LogP contribution >= 0.6 is 23.4 Å². The first-order chi connectivity index (χ1) is 9.81. The zero-order valence-electron chi connectivity index (χ0n) is 11.6. The third kappa shape index (κ3) is 6.07. The summed E-state index contributed by atoms with van der Waals surface area (Å²) in [4.78, 5) is 13.5. The Kier molecular flexibility index (Phi) is 7.21. The quantitative estimate of drug-likeness (QED) is 0.774. The molecule has 0 radical (unpaired) electrons. The molecule has 0 aliphatic rings. The Morgan fingerprint density at radius 2 is 2.19 bits per heavy atom. The third-order valence-corrected chi connectivity index (χ3v) is 3.93. The second kappa shape index (κ2) is 8.41. The summed E-state index contributed by atoms with van der Waals surface area (Å²) in [7, 11) is 1.56. The molecule has 8 heteroatoms. The number of anilines is 1. The fraction of sp³-hybridized carbons (Fsp3) is 0.462. The smallest absolute Gasteiger partial charge is 0.321 e. The normalized spacial score (nSPS) is 12.3. The third-order valence-electron chi connectivity index (χ3n) is 2.64. The maximum absolute atomic E-state index is 12.5. The minimum Gasteiger partial charge on any atom is -0.393 e. The molecule has 1 atom stereocenters. The molecule has 0 fully saturated rings. The summed E-state index contributed by atoms with van der Waals surface area (Å²) >= 11 is 6.17. The largest absolute Gasteiger partial charge is 0.393 e. The number of carbonyl (C=O) groups excluding carboxylic acids is 1. The van der Waals surface area contributed by atoms with Crippen molar-refractivity contribution in [2.75, 3.05) is 18.9 Å². The number of aliphatic hydroxyl groups excluding tert-OH is 1. The van der Waals surface area contributed by atoms with E-state index in [1.54, 1.807) is 20.0 Å². The Labute approximate surface area is 131 Å². The van der Waals surface area contributed by atoms with Crippen molar-refractivity contribution in [3.05, 3.63) is 23.2 Å². The predicted molar refractivity (Wildman–Crippen MR) is 81.3 cm³/mol. The van der Waals surface area contributed by atoms with Crippen molar-refractivity contribution in [1.29, 1.82) is 0 Å². The predicted octanol–water partition coefficient (Wildman–Crippen LogP) is 3.89. The highest BCUT2D eigenvalue weighted by molar-refractivity contribution is 7.99. The summed E-state index contributed by atoms with van der Waals surface area (Å²) in [6, 6.07) is 4.12. The van der Waals surface area contributed by atoms with Crippen molar-refractivity contribution in [1.82, 2.24) is 4.90 Å². The van der Waals surface area contributed by atoms with E-state index in [0.717, 1.165) is 0 Å². The van der Waals surface area contributed by atoms with Gasteiger partial charge in [-0.3, -0.25) is 0 Å². The maximum atomic E-state index is 12.5. The van der Waals surface area contributed by atoms with Gasteiger partial charge in [-0.25, -0.2) is 4.79 Å². The minimum atomic E-state index is -2.63. The number of amides is 2. The van der Waals surface area contributed by atoms with Crippen molar-refractivity contribution in [2.24, 2.45) is 0 Å². The number of benzene rings is 1. The molecule has 0 saturated heterocycles. The Bertz CT molecular complexity index is 489. The van der Waals surface area contributed by atoms with E-state index in [9.17, 15) is 18.7 Å². The van der Waals surface area contributed by atoms with Crippen LogP contribution < -0.4 is 5.32 Å². The van der Waals surface area contributed by atoms with E-state index in [0.29, 0.717) is 13.0 Å². The minimum absolute atomic E-state index is 0.131. The first kappa shape index (κ1) is 18.0. The van der Waals surface area contributed by atoms with Crippen LogP contribution in [0.1, 0.15) is 13.3 Å². The Morgan fingerprint density at radius 3 is 2.76 bits per heavy atom. The number of nitrogens with zero attached hydrogens (tertiary/aromatic N) is 1. The molecule has 0 aromatic heterocycles. The number of hydrogen-bond acceptors (Lipinski definition) is 3. The molecule has 118 valence electrons. The molecule has 0 aliphatic heterocycles. The first-order valence-electron chi connectivity index (χ1n) is 6.24. The summed E-state index contributed by atoms with van der Waals surface area (Å²) in [6.07, 6.45) is -0.0886. The Balaban J connectivity index is 2.77. The van der Waals surface area contributed by atoms with Crippen LogP contribution in [0.5, 0.6) is 0 Å². The van der Waals surface area contributed by atoms with Gasteiger partial charge in [0.15, 0.2) is 0 Å². The number of aliphatic hydroxyl groups is 1. The zero-order chi connectivity index (χ0) is 16.0. The van der Waals surface area contributed by atoms with Gasteiger partial charge < -0.3 is 15.3 Å². The van der Waals surface area contributed by atoms with Gasteiger partial charge in [-0.2, -0.15) is 8.78 Å². The molecule has 1 aromatic carbocycles. The second-order valence-corrected chi connectivity index (χ2v) is 5.89. The van der Waals surface area contributed by atoms with E-state index >= 15 is 0 Å². The van der Waals surface area contributed by atoms with Crippen molar-refractivity contribution in [2.45, 2.75) is 30.1 Å². The molecule has 1 rings (SSSR count). The number of rotatable bonds is 6. The van der Waals surface area contributed by atoms with Gasteiger partial charge in [-0.05, 0) is 25.5 Å². The number of urea groups is 1. The molecule has 0 aliphatic carbocycles. The summed E-state index contributed by atoms with van der Waals surface area (Å²) in [5, 5.41) is 11.9. The topological polar surface area (TPSA) is 52.6 Å². The number of carbonyl (C=O) groups is 1. The monoisotopic (exact) mass is 338 g/mol. The lowest BCUT2D eigenvalue weighted by Gasteiger charge is -2.20. The van der Waals surface area contributed by atoms with E-state index in [-0.39, 0.29) is 27.4 Å². The van der Waals surface area contributed by atoms with Crippen LogP contribution in [0, 0.1) is 0 Å². The zero-order valence-corrected chi connectivity index (χ0v) is 13.2. The average molecular weight is 339 g/mol. The molecule has 2 N–H and O–H groups in total. The van der Waals surface area contributed by atoms with Gasteiger partial charge in [0.05, 0.1) is 21.7 Å². The van der Waals surface area contributed by atoms with Gasteiger partial charge in [-0.1, -0.05) is 29.4 Å². The molecule has 0 saturated carbocycles. The summed E-state index contributed by atoms with van der Waals surface area (Å²) < 4.78 is 25.1. The number of halogens is 3. The lowest BCUT2D eigenvalue weighted by molar-refractivity contribution is 0.167. The highest BCUT2D eigenvalue weighted by Gasteiger charge is 2.17. The van der Waals surface area contributed by atoms with Crippen molar-refractivity contribution in [3.63, 3.8) is 0 Å². The number of hydrogen-bond donors (Lipinski definition) is 2. The van der Waals surface area contributed by atoms with Crippen LogP contribution in [-0.2, 0) is 0 Å². The molecule has 0 heterocycles. The highest BCUT2D eigenvalue weighted by atomic mass is 35.5. The van der Waals surface area contributed by atoms with E-state index in [2.05, 4.69) is 5.32 Å². The molecular weight excluding hydrogens is 322 g/mol. The van der Waals surface area contributed by atoms with Gasteiger partial charge >= 0.3 is 6.03 Å². The fourth-order valence-corrected chi connectivity index (χ4v) is 2.42. The van der Waals surface area contributed by atoms with Crippen LogP contribution in [-0.4, -0.2) is 41.5 Å². The molecule has 0 spiro atoms. The van der Waals surface area contributed by atoms with E-state index in [4.69, 9.17) is 11.6 Å². The second-order valence-electron chi connectivity index (χ2n) is 4.48. The van der Waals surface area contributed by atoms with Gasteiger partial charge in [0.25, 0.3) is 5.76 Å². The van der Waals surface area contributed by atoms with E-state index < -0.39 is 17.9 Å². The van der Waals surface area contributed by atoms with Crippen LogP contribution in [0.2, 0.25) is 5.02 Å². The average Bonchev–Trinajstić information content (AvgIpc) is 2.39. The van der Waals surface area contributed by atoms with E-state index in [1.807, 2.05) is 0 Å². The lowest BCUT2D eigenvalue weighted by Crippen LogP contribution is -2.33. The van der Waals surface area contributed by atoms with Crippen LogP contribution in [0.3, 0.4) is 0 Å². The fourth-order valence-electron chi connectivity index (χ4n) is 1.51. The first-order valence-corrected chi connectivity index (χ1v) is 7.50. The van der Waals surface area contributed by atoms with Gasteiger partial charge in [0.2, 0.25) is 0 Å². The standard InChI is InChI=1S/C13H17ClF2N2O2S/c1-8(19)6-7-18(2)13(20)17-10-5-3-4-9(14)11(10)21-12(15)16/h3-5,8,12,19H,6-7H2,1-2H3,(H,17,20). The number of thioether (sulfide) groups is 1. The molecule has 2 amide bonds. The summed E-state index contributed by atoms with van der Waals surface area (Å²) in [6.45, 7) is 1.97. The van der Waals surface area contributed by atoms with Crippen LogP contribution in [0.25, 0.3) is 0 Å². The van der Waals surface area contributed by atoms with E-state index in [1.165, 1.54) is 17.0 Å². The summed E-state index contributed by atoms with van der Waals surface area (Å²) in [5.41, 5.74) is 0.238. The van der Waals surface area contributed by atoms with Gasteiger partial charge in [0.1, 0.15) is 0 Å². The molecule has 1 aromatic rings. The van der Waals surface area contributed by atoms with Crippen molar-refractivity contribution >= 4 is 35.1 Å². The Hall–Kier alpha value is -1.05. The van der Waals surface area contributed by atoms with Gasteiger partial charge in [0, 0.05) is 13.6 Å². The SMILES string of the molecule is CC(O)CCN(C)C(=O)Nc1cccc(Cl)c1SC(F)F. The lowest BCUT2D eigenvalue weighted by atomic mass is 10.3. The molecule has 4 nitrogen and oxygen atoms in total. The van der Waals surface area contributed by atoms with Crippen LogP contribution in [0.15, 0.2) is 23.1 Å². The van der Waals surface area contributed by atoms with Crippen LogP contribution in [0.4, 0.5) is 19.3 Å². The molecule has 1 unspecified atom stereocenters. The van der Waals surface area contributed by atoms with Gasteiger partial charge in [-0.15, -0.1) is 0 Å². The number of nitrogens with one attached hydrogen (secondary N) is 1. The highest BCUT2D eigenvalue weighted by Crippen LogP contribution is 2.37. The molecule has 21 heavy (non-hydrogen) atoms. The Morgan fingerprint density at radius 1 is 1.52 bits per heavy atom. The number of alkyl halides is 2. The van der Waals surface area contributed by atoms with Crippen molar-refractivity contribution < 1.29 is 18.7 Å². The molecule has 0 bridgehead atoms.